The Kier molecular flexibility index (Phi) is 2.33. The van der Waals surface area contributed by atoms with E-state index in [0.717, 1.165) is 0 Å². The smallest absolute Gasteiger partial charge is 0.307 e. The van der Waals surface area contributed by atoms with E-state index in [9.17, 15) is 9.90 Å². The summed E-state index contributed by atoms with van der Waals surface area (Å²) in [6.45, 7) is -9.13. The first-order valence-electron chi connectivity index (χ1n) is 13.5. The summed E-state index contributed by atoms with van der Waals surface area (Å²) >= 11 is 0. The van der Waals surface area contributed by atoms with Crippen molar-refractivity contribution in [2.24, 2.45) is 0 Å². The molecule has 2 aromatic carbocycles. The number of ether oxygens (including phenoxy) is 1. The molecule has 1 aliphatic rings. The summed E-state index contributed by atoms with van der Waals surface area (Å²) in [6, 6.07) is 1.49. The number of nitrogens with zero attached hydrogens (tertiary/aromatic N) is 1. The molecule has 0 aliphatic carbocycles. The molecule has 0 unspecified atom stereocenters. The van der Waals surface area contributed by atoms with Crippen LogP contribution in [-0.2, 0) is 17.8 Å². The highest BCUT2D eigenvalue weighted by Crippen LogP contribution is 2.37. The van der Waals surface area contributed by atoms with E-state index >= 15 is 0 Å². The van der Waals surface area contributed by atoms with Crippen LogP contribution >= 0.6 is 0 Å². The second-order valence-electron chi connectivity index (χ2n) is 5.41. The van der Waals surface area contributed by atoms with Crippen LogP contribution in [0.3, 0.4) is 0 Å². The third-order valence-corrected chi connectivity index (χ3v) is 3.61. The fourth-order valence-corrected chi connectivity index (χ4v) is 2.54. The maximum absolute atomic E-state index is 11.3. The molecule has 0 amide bonds. The Hall–Kier alpha value is -2.59. The minimum absolute atomic E-state index is 0.0293. The third-order valence-electron chi connectivity index (χ3n) is 3.61. The van der Waals surface area contributed by atoms with Gasteiger partial charge >= 0.3 is 5.97 Å². The average molecular weight is 349 g/mol. The number of carbonyl (C=O) groups is 1. The highest BCUT2D eigenvalue weighted by atomic mass is 16.5. The summed E-state index contributed by atoms with van der Waals surface area (Å²) < 4.78 is 101. The molecule has 0 aromatic heterocycles. The molecular weight excluding hydrogens is 314 g/mol. The van der Waals surface area contributed by atoms with E-state index < -0.39 is 69.2 Å². The van der Waals surface area contributed by atoms with E-state index in [1.54, 1.807) is 0 Å². The van der Waals surface area contributed by atoms with E-state index in [0.29, 0.717) is 4.90 Å². The summed E-state index contributed by atoms with van der Waals surface area (Å²) in [5, 5.41) is 9.22. The van der Waals surface area contributed by atoms with Gasteiger partial charge in [-0.05, 0) is 54.8 Å². The standard InChI is InChI=1S/C21H23NO3/c1-22(2)11-5-8-18-17-7-4-3-6-16(17)14-25-20-10-9-15(12-19(18)20)13-21(23)24/h3-4,6-10,12H,5,11,13-14H2,1-2H3,(H,23,24)/b18-8+/i1D3,2D3,3D,4D,6D,7D,14D2. The lowest BCUT2D eigenvalue weighted by Gasteiger charge is -2.13. The van der Waals surface area contributed by atoms with Crippen LogP contribution in [0.2, 0.25) is 0 Å². The van der Waals surface area contributed by atoms with Crippen LogP contribution in [0, 0.1) is 0 Å². The molecule has 3 rings (SSSR count). The number of rotatable bonds is 5. The molecule has 1 N–H and O–H groups in total. The van der Waals surface area contributed by atoms with Crippen LogP contribution in [0.4, 0.5) is 0 Å². The van der Waals surface area contributed by atoms with Crippen LogP contribution in [0.5, 0.6) is 5.75 Å². The average Bonchev–Trinajstić information content (AvgIpc) is 2.83. The maximum atomic E-state index is 11.3. The van der Waals surface area contributed by atoms with E-state index in [4.69, 9.17) is 21.2 Å². The molecule has 4 heteroatoms. The molecule has 130 valence electrons. The SMILES string of the molecule is [2H]c1c([2H])c([2H])c2c(c1[2H])/C(=C\CCN(C([2H])([2H])[2H])C([2H])([2H])[2H])c1cc(CC(=O)O)ccc1OC2([2H])[2H]. The van der Waals surface area contributed by atoms with Gasteiger partial charge in [-0.25, -0.2) is 0 Å². The van der Waals surface area contributed by atoms with Crippen LogP contribution < -0.4 is 4.74 Å². The molecule has 1 heterocycles. The van der Waals surface area contributed by atoms with Crippen molar-refractivity contribution >= 4 is 11.5 Å². The molecular formula is C21H23NO3. The molecule has 0 saturated heterocycles. The number of aliphatic carboxylic acids is 1. The Bertz CT molecular complexity index is 1250. The number of fused-ring (bicyclic) bond motifs is 2. The number of benzene rings is 2. The summed E-state index contributed by atoms with van der Waals surface area (Å²) in [5.41, 5.74) is -0.319. The van der Waals surface area contributed by atoms with Gasteiger partial charge in [0.1, 0.15) is 12.3 Å². The van der Waals surface area contributed by atoms with Gasteiger partial charge in [0.15, 0.2) is 0 Å². The molecule has 0 saturated carbocycles. The lowest BCUT2D eigenvalue weighted by molar-refractivity contribution is -0.136. The third kappa shape index (κ3) is 4.09. The highest BCUT2D eigenvalue weighted by molar-refractivity contribution is 5.85. The molecule has 0 spiro atoms. The number of carboxylic acids is 1. The first-order chi connectivity index (χ1) is 16.9. The number of carboxylic acid groups (broad SMARTS) is 1. The zero-order valence-corrected chi connectivity index (χ0v) is 13.1. The lowest BCUT2D eigenvalue weighted by Crippen LogP contribution is -2.12. The van der Waals surface area contributed by atoms with Crippen LogP contribution in [0.15, 0.2) is 48.4 Å². The highest BCUT2D eigenvalue weighted by Gasteiger charge is 2.19. The van der Waals surface area contributed by atoms with E-state index in [-0.39, 0.29) is 34.4 Å². The summed E-state index contributed by atoms with van der Waals surface area (Å²) in [5.74, 6) is -1.23. The topological polar surface area (TPSA) is 49.8 Å². The van der Waals surface area contributed by atoms with E-state index in [1.807, 2.05) is 0 Å². The van der Waals surface area contributed by atoms with Gasteiger partial charge < -0.3 is 14.7 Å². The largest absolute Gasteiger partial charge is 0.488 e. The second-order valence-corrected chi connectivity index (χ2v) is 5.41. The minimum atomic E-state index is -2.96. The van der Waals surface area contributed by atoms with Crippen molar-refractivity contribution < 1.29 is 31.1 Å². The molecule has 0 radical (unpaired) electrons. The van der Waals surface area contributed by atoms with Gasteiger partial charge in [-0.15, -0.1) is 0 Å². The predicted octanol–water partition coefficient (Wildman–Crippen LogP) is 3.59. The molecule has 4 nitrogen and oxygen atoms in total. The van der Waals surface area contributed by atoms with Gasteiger partial charge in [-0.2, -0.15) is 0 Å². The summed E-state index contributed by atoms with van der Waals surface area (Å²) in [4.78, 5) is 11.6. The molecule has 0 bridgehead atoms. The van der Waals surface area contributed by atoms with Gasteiger partial charge in [0.2, 0.25) is 0 Å². The number of hydrogen-bond donors (Lipinski definition) is 1. The van der Waals surface area contributed by atoms with Crippen molar-refractivity contribution in [3.05, 3.63) is 70.7 Å². The quantitative estimate of drug-likeness (QED) is 0.896. The Balaban J connectivity index is 2.30. The van der Waals surface area contributed by atoms with Gasteiger partial charge in [0.25, 0.3) is 0 Å². The van der Waals surface area contributed by atoms with Crippen LogP contribution in [0.1, 0.15) is 45.1 Å². The Morgan fingerprint density at radius 3 is 3.04 bits per heavy atom. The zero-order chi connectivity index (χ0) is 28.1. The summed E-state index contributed by atoms with van der Waals surface area (Å²) in [6.07, 6.45) is 0.719. The van der Waals surface area contributed by atoms with Gasteiger partial charge in [0, 0.05) is 20.3 Å². The second kappa shape index (κ2) is 7.53. The minimum Gasteiger partial charge on any atom is -0.488 e. The van der Waals surface area contributed by atoms with Crippen molar-refractivity contribution in [1.82, 2.24) is 4.90 Å². The monoisotopic (exact) mass is 349 g/mol. The molecule has 0 fully saturated rings. The number of hydrogen-bond acceptors (Lipinski definition) is 3. The fraction of sp³-hybridized carbons (Fsp3) is 0.286. The van der Waals surface area contributed by atoms with Crippen molar-refractivity contribution in [2.75, 3.05) is 20.5 Å². The van der Waals surface area contributed by atoms with Crippen molar-refractivity contribution in [3.8, 4) is 5.75 Å². The first kappa shape index (κ1) is 7.75. The normalized spacial score (nSPS) is 24.6. The summed E-state index contributed by atoms with van der Waals surface area (Å²) in [7, 11) is 0. The van der Waals surface area contributed by atoms with Gasteiger partial charge in [0.05, 0.1) is 14.6 Å². The van der Waals surface area contributed by atoms with Crippen LogP contribution in [-0.4, -0.2) is 36.5 Å². The Morgan fingerprint density at radius 1 is 1.40 bits per heavy atom. The molecule has 2 aromatic rings. The molecule has 25 heavy (non-hydrogen) atoms. The van der Waals surface area contributed by atoms with Gasteiger partial charge in [-0.3, -0.25) is 4.79 Å². The van der Waals surface area contributed by atoms with Crippen molar-refractivity contribution in [1.29, 1.82) is 0 Å². The first-order valence-corrected chi connectivity index (χ1v) is 7.49. The molecule has 1 aliphatic heterocycles. The molecule has 0 atom stereocenters. The Morgan fingerprint density at radius 2 is 2.24 bits per heavy atom. The van der Waals surface area contributed by atoms with E-state index in [2.05, 4.69) is 0 Å². The lowest BCUT2D eigenvalue weighted by atomic mass is 9.92. The van der Waals surface area contributed by atoms with Crippen molar-refractivity contribution in [3.63, 3.8) is 0 Å². The predicted molar refractivity (Wildman–Crippen MR) is 98.8 cm³/mol. The van der Waals surface area contributed by atoms with Crippen LogP contribution in [0.25, 0.3) is 5.57 Å². The van der Waals surface area contributed by atoms with E-state index in [1.165, 1.54) is 24.3 Å². The Labute approximate surface area is 165 Å². The fourth-order valence-electron chi connectivity index (χ4n) is 2.54. The maximum Gasteiger partial charge on any atom is 0.307 e. The van der Waals surface area contributed by atoms with Gasteiger partial charge in [-0.1, -0.05) is 36.3 Å². The zero-order valence-electron chi connectivity index (χ0n) is 25.1. The van der Waals surface area contributed by atoms with Crippen molar-refractivity contribution in [2.45, 2.75) is 19.4 Å².